The molecule has 12 aromatic carbocycles. The Hall–Kier alpha value is -3.16. The quantitative estimate of drug-likeness (QED) is 0.0144. The topological polar surface area (TPSA) is 162 Å². The third-order valence-corrected chi connectivity index (χ3v) is 52.8. The van der Waals surface area contributed by atoms with Crippen LogP contribution in [0.3, 0.4) is 0 Å². The van der Waals surface area contributed by atoms with Gasteiger partial charge in [0.1, 0.15) is 71.5 Å². The number of aliphatic hydroxyl groups excluding tert-OH is 8. The molecular formula is C114H165Co6O8P9+7. The van der Waals surface area contributed by atoms with Crippen LogP contribution in [0.4, 0.5) is 0 Å². The molecule has 0 spiro atoms. The number of benzene rings is 12. The summed E-state index contributed by atoms with van der Waals surface area (Å²) in [6, 6.07) is 122. The fourth-order valence-corrected chi connectivity index (χ4v) is 48.7. The SMILES string of the molecule is CC(O)CC(C)O.CC(O)CC(C)O.CC(O)CC(C)O.CC(O)CC(C)O.[CH2-]c1ccccc1[PH+](C[PH+](c1ccccc1)c1ccccc1[PH+](CC)CC)c1ccccc1.[CH2-]c1ccccc1[PH+](C[PH+](c1ccccc1)c1ccccc1[PH+](CC)CC)c1ccccc1.[CH2-]c1ccccc1[PH+](C[PH+](c1ccccc1)c1ccccc1[PH+](CC)CC)c1ccccc1.[CH3-].[CH3-].[CH3-].[CH3-].[Co+2].[Co+3].[Co].[Co].[Co].[Co]. The van der Waals surface area contributed by atoms with Crippen molar-refractivity contribution in [3.8, 4) is 0 Å². The van der Waals surface area contributed by atoms with E-state index < -0.39 is 71.3 Å². The molecule has 0 saturated carbocycles. The van der Waals surface area contributed by atoms with Crippen LogP contribution in [-0.4, -0.2) is 144 Å². The summed E-state index contributed by atoms with van der Waals surface area (Å²) >= 11 is 0. The van der Waals surface area contributed by atoms with E-state index in [-0.39, 0.29) is 179 Å². The minimum absolute atomic E-state index is 0. The molecule has 8 N–H and O–H groups in total. The Morgan fingerprint density at radius 1 is 0.197 bits per heavy atom. The molecule has 0 aromatic heterocycles. The molecule has 0 heterocycles. The van der Waals surface area contributed by atoms with Crippen LogP contribution in [0.15, 0.2) is 328 Å². The average Bonchev–Trinajstić information content (AvgIpc) is 0.800. The zero-order valence-corrected chi connectivity index (χ0v) is 99.4. The van der Waals surface area contributed by atoms with Crippen molar-refractivity contribution in [3.63, 3.8) is 0 Å². The van der Waals surface area contributed by atoms with E-state index in [4.69, 9.17) is 40.9 Å². The molecule has 12 rings (SSSR count). The zero-order chi connectivity index (χ0) is 92.6. The van der Waals surface area contributed by atoms with Crippen LogP contribution in [0, 0.1) is 50.5 Å². The fraction of sp³-hybridized carbons (Fsp3) is 0.307. The molecule has 5 radical (unpaired) electrons. The van der Waals surface area contributed by atoms with Crippen LogP contribution < -0.4 is 79.6 Å². The van der Waals surface area contributed by atoms with Gasteiger partial charge in [-0.2, -0.15) is 55.7 Å². The molecule has 0 amide bonds. The van der Waals surface area contributed by atoms with E-state index in [9.17, 15) is 0 Å². The Morgan fingerprint density at radius 3 is 0.438 bits per heavy atom. The molecular weight excluding hydrogens is 2130 g/mol. The van der Waals surface area contributed by atoms with Gasteiger partial charge in [0.05, 0.1) is 125 Å². The van der Waals surface area contributed by atoms with Crippen LogP contribution in [0.1, 0.15) is 139 Å². The third kappa shape index (κ3) is 51.2. The fourth-order valence-electron chi connectivity index (χ4n) is 16.0. The van der Waals surface area contributed by atoms with Crippen molar-refractivity contribution in [2.24, 2.45) is 0 Å². The van der Waals surface area contributed by atoms with Crippen LogP contribution >= 0.6 is 71.3 Å². The second-order valence-corrected chi connectivity index (χ2v) is 59.0. The molecule has 14 atom stereocenters. The molecule has 12 aromatic rings. The maximum Gasteiger partial charge on any atom is 3.00 e. The first-order valence-corrected chi connectivity index (χ1v) is 61.7. The maximum absolute atomic E-state index is 8.56. The third-order valence-electron chi connectivity index (χ3n) is 22.0. The van der Waals surface area contributed by atoms with Crippen molar-refractivity contribution in [2.75, 3.05) is 54.7 Å². The summed E-state index contributed by atoms with van der Waals surface area (Å²) in [5.74, 6) is 3.69. The monoisotopic (exact) mass is 2290 g/mol. The number of aliphatic hydroxyl groups is 8. The Morgan fingerprint density at radius 2 is 0.314 bits per heavy atom. The summed E-state index contributed by atoms with van der Waals surface area (Å²) < 4.78 is 0. The van der Waals surface area contributed by atoms with E-state index in [0.717, 1.165) is 0 Å². The first-order valence-electron chi connectivity index (χ1n) is 45.7. The van der Waals surface area contributed by atoms with Crippen LogP contribution in [0.2, 0.25) is 0 Å². The standard InChI is InChI=1S/3C30H32P3.4C5H12O2.4CH3.6Co/c3*1-4-31(5-2)29-22-14-15-23-30(29)33(27-19-10-7-11-20-27)24-32(26-17-8-6-9-18-26)28-21-13-12-16-25(28)3;4*1-4(6)3-5(2)7;;;;;;;;;;/h3*6-23H,3-5,24H2,1-2H3;4*4-7H,3H2,1-2H3;4*1H3;;;;;;/q3*-1;;;;;4*-1;;;;;+2;+3/p+9. The molecule has 761 valence electrons. The predicted octanol–water partition coefficient (Wildman–Crippen LogP) is 19.5. The minimum atomic E-state index is -0.984. The first kappa shape index (κ1) is 142. The molecule has 137 heavy (non-hydrogen) atoms. The summed E-state index contributed by atoms with van der Waals surface area (Å²) in [6.45, 7) is 40.8. The minimum Gasteiger partial charge on any atom is -0.393 e. The summed E-state index contributed by atoms with van der Waals surface area (Å²) in [5, 5.41) is 91.9. The van der Waals surface area contributed by atoms with Gasteiger partial charge in [0.2, 0.25) is 0 Å². The van der Waals surface area contributed by atoms with Gasteiger partial charge in [-0.3, -0.25) is 0 Å². The van der Waals surface area contributed by atoms with Crippen molar-refractivity contribution in [1.82, 2.24) is 0 Å². The largest absolute Gasteiger partial charge is 3.00 e. The van der Waals surface area contributed by atoms with Gasteiger partial charge >= 0.3 is 33.6 Å². The second-order valence-electron chi connectivity index (χ2n) is 32.9. The smallest absolute Gasteiger partial charge is 0.393 e. The number of hydrogen-bond acceptors (Lipinski definition) is 8. The van der Waals surface area contributed by atoms with Crippen molar-refractivity contribution in [3.05, 3.63) is 395 Å². The van der Waals surface area contributed by atoms with Crippen LogP contribution in [0.25, 0.3) is 0 Å². The van der Waals surface area contributed by atoms with Gasteiger partial charge in [0.25, 0.3) is 0 Å². The molecule has 0 aliphatic heterocycles. The Kier molecular flexibility index (Phi) is 84.1. The van der Waals surface area contributed by atoms with Crippen molar-refractivity contribution < 1.29 is 142 Å². The van der Waals surface area contributed by atoms with Crippen molar-refractivity contribution >= 4 is 151 Å². The zero-order valence-electron chi connectivity index (χ0n) is 84.2. The van der Waals surface area contributed by atoms with E-state index >= 15 is 0 Å². The molecule has 0 bridgehead atoms. The summed E-state index contributed by atoms with van der Waals surface area (Å²) in [4.78, 5) is 0. The maximum atomic E-state index is 8.56. The summed E-state index contributed by atoms with van der Waals surface area (Å²) in [7, 11) is -7.42. The molecule has 0 fully saturated rings. The van der Waals surface area contributed by atoms with Gasteiger partial charge < -0.3 is 70.6 Å². The van der Waals surface area contributed by atoms with Gasteiger partial charge in [-0.25, -0.2) is 0 Å². The van der Waals surface area contributed by atoms with E-state index in [1.807, 2.05) is 0 Å². The second kappa shape index (κ2) is 81.0. The number of rotatable bonds is 35. The molecule has 14 unspecified atom stereocenters. The van der Waals surface area contributed by atoms with Crippen molar-refractivity contribution in [2.45, 2.75) is 171 Å². The van der Waals surface area contributed by atoms with E-state index in [1.165, 1.54) is 119 Å². The molecule has 0 aliphatic carbocycles. The van der Waals surface area contributed by atoms with Crippen molar-refractivity contribution in [1.29, 1.82) is 0 Å². The molecule has 23 heteroatoms. The van der Waals surface area contributed by atoms with Gasteiger partial charge in [-0.15, -0.1) is 18.2 Å². The van der Waals surface area contributed by atoms with Gasteiger partial charge in [-0.05, 0) is 232 Å². The first-order chi connectivity index (χ1) is 61.2. The molecule has 0 aliphatic rings. The van der Waals surface area contributed by atoms with E-state index in [1.54, 1.807) is 87.2 Å². The average molecular weight is 2300 g/mol. The Balaban J connectivity index is -0.000000538. The van der Waals surface area contributed by atoms with Gasteiger partial charge in [-0.1, -0.05) is 182 Å². The van der Waals surface area contributed by atoms with Gasteiger partial charge in [0.15, 0.2) is 17.7 Å². The Labute approximate surface area is 904 Å². The van der Waals surface area contributed by atoms with Crippen LogP contribution in [0.5, 0.6) is 0 Å². The van der Waals surface area contributed by atoms with E-state index in [2.05, 4.69) is 390 Å². The van der Waals surface area contributed by atoms with Gasteiger partial charge in [0, 0.05) is 107 Å². The molecule has 0 saturated heterocycles. The summed E-state index contributed by atoms with van der Waals surface area (Å²) in [5.41, 5.74) is 3.56. The number of hydrogen-bond donors (Lipinski definition) is 8. The predicted molar refractivity (Wildman–Crippen MR) is 615 cm³/mol. The molecule has 8 nitrogen and oxygen atoms in total. The normalized spacial score (nSPS) is 13.3. The van der Waals surface area contributed by atoms with Crippen LogP contribution in [-0.2, 0) is 101 Å². The van der Waals surface area contributed by atoms with E-state index in [0.29, 0.717) is 25.7 Å². The Bertz CT molecular complexity index is 4380. The summed E-state index contributed by atoms with van der Waals surface area (Å²) in [6.07, 6.45) is 6.64.